The molecule has 200 valence electrons. The molecule has 0 unspecified atom stereocenters. The van der Waals surface area contributed by atoms with E-state index in [0.717, 1.165) is 6.07 Å². The number of ether oxygens (including phenoxy) is 1. The van der Waals surface area contributed by atoms with Crippen LogP contribution in [0.2, 0.25) is 0 Å². The van der Waals surface area contributed by atoms with Crippen molar-refractivity contribution in [2.24, 2.45) is 0 Å². The normalized spacial score (nSPS) is 20.0. The molecular formula is C42H26O. The first-order chi connectivity index (χ1) is 31.7. The minimum absolute atomic E-state index is 0.304. The molecule has 1 nitrogen and oxygen atoms in total. The molecule has 0 atom stereocenters. The van der Waals surface area contributed by atoms with Gasteiger partial charge in [0.1, 0.15) is 11.5 Å². The number of hydrogen-bond acceptors (Lipinski definition) is 1. The van der Waals surface area contributed by atoms with E-state index in [1.165, 1.54) is 0 Å². The molecule has 0 aliphatic carbocycles. The van der Waals surface area contributed by atoms with Crippen LogP contribution >= 0.6 is 0 Å². The van der Waals surface area contributed by atoms with Crippen molar-refractivity contribution in [1.82, 2.24) is 0 Å². The maximum absolute atomic E-state index is 9.61. The summed E-state index contributed by atoms with van der Waals surface area (Å²) < 4.78 is 230. The van der Waals surface area contributed by atoms with Crippen molar-refractivity contribution in [2.75, 3.05) is 0 Å². The predicted octanol–water partition coefficient (Wildman–Crippen LogP) is 11.9. The maximum Gasteiger partial charge on any atom is 0.135 e. The highest BCUT2D eigenvalue weighted by atomic mass is 16.5. The quantitative estimate of drug-likeness (QED) is 0.192. The number of rotatable bonds is 3. The van der Waals surface area contributed by atoms with Crippen LogP contribution in [0.15, 0.2) is 157 Å². The Kier molecular flexibility index (Phi) is 2.19. The van der Waals surface area contributed by atoms with Crippen LogP contribution in [0.5, 0.6) is 11.5 Å². The summed E-state index contributed by atoms with van der Waals surface area (Å²) in [6.07, 6.45) is 0. The van der Waals surface area contributed by atoms with Gasteiger partial charge >= 0.3 is 0 Å². The van der Waals surface area contributed by atoms with Crippen LogP contribution in [0.3, 0.4) is 0 Å². The Morgan fingerprint density at radius 3 is 1.60 bits per heavy atom. The van der Waals surface area contributed by atoms with Crippen molar-refractivity contribution < 1.29 is 39.0 Å². The van der Waals surface area contributed by atoms with Gasteiger partial charge in [0, 0.05) is 10.9 Å². The van der Waals surface area contributed by atoms with Gasteiger partial charge in [0.25, 0.3) is 0 Å². The van der Waals surface area contributed by atoms with Gasteiger partial charge in [-0.05, 0) is 84.0 Å². The fraction of sp³-hybridized carbons (Fsp3) is 0. The molecule has 0 saturated carbocycles. The molecule has 0 fully saturated rings. The fourth-order valence-electron chi connectivity index (χ4n) is 5.41. The topological polar surface area (TPSA) is 9.23 Å². The number of hydrogen-bond donors (Lipinski definition) is 0. The van der Waals surface area contributed by atoms with Gasteiger partial charge in [-0.1, -0.05) is 139 Å². The summed E-state index contributed by atoms with van der Waals surface area (Å²) in [5.74, 6) is -0.825. The van der Waals surface area contributed by atoms with E-state index in [0.29, 0.717) is 0 Å². The number of para-hydroxylation sites is 1. The van der Waals surface area contributed by atoms with Gasteiger partial charge in [-0.3, -0.25) is 0 Å². The van der Waals surface area contributed by atoms with Crippen molar-refractivity contribution in [3.63, 3.8) is 0 Å². The highest BCUT2D eigenvalue weighted by Gasteiger charge is 2.24. The second-order valence-corrected chi connectivity index (χ2v) is 9.33. The first-order valence-electron chi connectivity index (χ1n) is 25.2. The molecular weight excluding hydrogens is 520 g/mol. The van der Waals surface area contributed by atoms with E-state index in [1.54, 1.807) is 0 Å². The molecule has 0 bridgehead atoms. The second kappa shape index (κ2) is 9.44. The van der Waals surface area contributed by atoms with E-state index >= 15 is 0 Å². The first-order valence-corrected chi connectivity index (χ1v) is 12.7. The van der Waals surface area contributed by atoms with Crippen LogP contribution in [0.25, 0.3) is 76.8 Å². The van der Waals surface area contributed by atoms with Crippen molar-refractivity contribution in [3.8, 4) is 56.0 Å². The Bertz CT molecular complexity index is 3660. The minimum Gasteiger partial charge on any atom is -0.456 e. The van der Waals surface area contributed by atoms with Gasteiger partial charge in [0.2, 0.25) is 0 Å². The second-order valence-electron chi connectivity index (χ2n) is 9.33. The molecule has 9 rings (SSSR count). The van der Waals surface area contributed by atoms with E-state index in [9.17, 15) is 11.0 Å². The van der Waals surface area contributed by atoms with Crippen molar-refractivity contribution in [3.05, 3.63) is 157 Å². The lowest BCUT2D eigenvalue weighted by atomic mass is 9.82. The highest BCUT2D eigenvalue weighted by molar-refractivity contribution is 6.25. The summed E-state index contributed by atoms with van der Waals surface area (Å²) in [4.78, 5) is 0. The molecule has 0 amide bonds. The van der Waals surface area contributed by atoms with Crippen LogP contribution < -0.4 is 4.74 Å². The molecule has 43 heavy (non-hydrogen) atoms. The fourth-order valence-corrected chi connectivity index (χ4v) is 5.41. The third kappa shape index (κ3) is 3.58. The summed E-state index contributed by atoms with van der Waals surface area (Å²) in [6, 6.07) is -21.6. The summed E-state index contributed by atoms with van der Waals surface area (Å²) in [5.41, 5.74) is -5.22. The standard InChI is InChI=1S/C42H26O/c1-2-13-27(14-3-1)28-15-4-5-17-30(28)40-32-18-6-8-20-34(32)41(35-21-9-7-19-33(35)40)37-25-26-39-42-31(22-12-23-36(37)42)29-16-10-11-24-38(29)43-39/h1-26H/i1D,2D,3D,4D,5D,6D,7D,8D,9D,10D,11D,12D,13D,14D,15D,16D,17D,18D,19D,20D,21D,22D,23D,25D,26D. The lowest BCUT2D eigenvalue weighted by Crippen LogP contribution is -1.98. The van der Waals surface area contributed by atoms with Gasteiger partial charge in [-0.15, -0.1) is 0 Å². The molecule has 1 aliphatic rings. The molecule has 0 N–H and O–H groups in total. The average molecular weight is 572 g/mol. The number of fused-ring (bicyclic) bond motifs is 4. The Morgan fingerprint density at radius 2 is 0.884 bits per heavy atom. The Balaban J connectivity index is 1.66. The molecule has 1 heterocycles. The maximum atomic E-state index is 9.61. The number of benzene rings is 8. The predicted molar refractivity (Wildman–Crippen MR) is 181 cm³/mol. The van der Waals surface area contributed by atoms with Crippen molar-refractivity contribution in [1.29, 1.82) is 0 Å². The molecule has 0 aromatic heterocycles. The van der Waals surface area contributed by atoms with Crippen LogP contribution in [-0.4, -0.2) is 0 Å². The zero-order valence-corrected chi connectivity index (χ0v) is 21.5. The smallest absolute Gasteiger partial charge is 0.135 e. The van der Waals surface area contributed by atoms with Crippen LogP contribution in [0.4, 0.5) is 0 Å². The monoisotopic (exact) mass is 571 g/mol. The summed E-state index contributed by atoms with van der Waals surface area (Å²) in [5, 5.41) is -3.86. The van der Waals surface area contributed by atoms with Crippen LogP contribution in [-0.2, 0) is 0 Å². The lowest BCUT2D eigenvalue weighted by molar-refractivity contribution is 0.487. The van der Waals surface area contributed by atoms with E-state index in [4.69, 9.17) is 28.0 Å². The van der Waals surface area contributed by atoms with Gasteiger partial charge < -0.3 is 4.74 Å². The summed E-state index contributed by atoms with van der Waals surface area (Å²) in [6.45, 7) is 0. The zero-order chi connectivity index (χ0) is 50.1. The van der Waals surface area contributed by atoms with Crippen molar-refractivity contribution >= 4 is 32.3 Å². The molecule has 0 spiro atoms. The molecule has 0 saturated heterocycles. The SMILES string of the molecule is [2H]c1cc2c(c([2H])c1[2H])-c1c([2H])c([2H])c([2H])c3c(-c4c5c([2H])c([2H])c([2H])c([2H])c5c(-c5c([2H])c([2H])c([2H])c([2H])c5-c5c([2H])c([2H])c([2H])c([2H])c5[2H])c5c([2H])c([2H])c([2H])c([2H])c45)c([2H])c([2H])c(c13)O2. The van der Waals surface area contributed by atoms with Gasteiger partial charge in [0.15, 0.2) is 0 Å². The Hall–Kier alpha value is -5.66. The zero-order valence-electron chi connectivity index (χ0n) is 46.5. The van der Waals surface area contributed by atoms with Crippen LogP contribution in [0, 0.1) is 0 Å². The Labute approximate surface area is 285 Å². The molecule has 1 heteroatoms. The molecule has 8 aromatic rings. The molecule has 1 aliphatic heterocycles. The summed E-state index contributed by atoms with van der Waals surface area (Å²) in [7, 11) is 0. The summed E-state index contributed by atoms with van der Waals surface area (Å²) >= 11 is 0. The lowest BCUT2D eigenvalue weighted by Gasteiger charge is -2.24. The van der Waals surface area contributed by atoms with E-state index < -0.39 is 217 Å². The third-order valence-electron chi connectivity index (χ3n) is 7.14. The van der Waals surface area contributed by atoms with Crippen molar-refractivity contribution in [2.45, 2.75) is 0 Å². The van der Waals surface area contributed by atoms with Gasteiger partial charge in [0.05, 0.1) is 34.3 Å². The van der Waals surface area contributed by atoms with E-state index in [2.05, 4.69) is 0 Å². The van der Waals surface area contributed by atoms with E-state index in [1.807, 2.05) is 0 Å². The van der Waals surface area contributed by atoms with Crippen LogP contribution in [0.1, 0.15) is 34.3 Å². The molecule has 8 aromatic carbocycles. The van der Waals surface area contributed by atoms with Gasteiger partial charge in [-0.25, -0.2) is 0 Å². The first kappa shape index (κ1) is 9.97. The minimum atomic E-state index is -1.04. The highest BCUT2D eigenvalue weighted by Crippen LogP contribution is 2.51. The largest absolute Gasteiger partial charge is 0.456 e. The van der Waals surface area contributed by atoms with E-state index in [-0.39, 0.29) is 22.3 Å². The third-order valence-corrected chi connectivity index (χ3v) is 7.14. The van der Waals surface area contributed by atoms with Gasteiger partial charge in [-0.2, -0.15) is 0 Å². The average Bonchev–Trinajstić information content (AvgIpc) is 3.31. The molecule has 0 radical (unpaired) electrons. The Morgan fingerprint density at radius 1 is 0.349 bits per heavy atom.